The molecule has 1 atom stereocenters. The molecule has 0 aromatic heterocycles. The second-order valence-corrected chi connectivity index (χ2v) is 6.92. The number of hydrogen-bond donors (Lipinski definition) is 1. The Morgan fingerprint density at radius 2 is 2.11 bits per heavy atom. The number of anilines is 1. The Morgan fingerprint density at radius 1 is 1.33 bits per heavy atom. The van der Waals surface area contributed by atoms with Gasteiger partial charge in [-0.05, 0) is 38.1 Å². The number of halogens is 1. The van der Waals surface area contributed by atoms with E-state index in [9.17, 15) is 14.0 Å². The lowest BCUT2D eigenvalue weighted by molar-refractivity contribution is -0.119. The third-order valence-corrected chi connectivity index (χ3v) is 4.79. The number of nitrogens with one attached hydrogen (secondary N) is 1. The van der Waals surface area contributed by atoms with Crippen molar-refractivity contribution in [2.75, 3.05) is 44.2 Å². The lowest BCUT2D eigenvalue weighted by atomic mass is 10.1. The van der Waals surface area contributed by atoms with E-state index in [1.165, 1.54) is 43.2 Å². The van der Waals surface area contributed by atoms with Gasteiger partial charge in [0.1, 0.15) is 12.7 Å². The largest absolute Gasteiger partial charge is 0.489 e. The SMILES string of the molecule is CC(=O)NC[C@H]1CN(c2ccc(OCCN3CCCCC3)c(F)c2)C(=O)O1. The lowest BCUT2D eigenvalue weighted by Crippen LogP contribution is -2.33. The van der Waals surface area contributed by atoms with E-state index in [-0.39, 0.29) is 24.7 Å². The van der Waals surface area contributed by atoms with Gasteiger partial charge in [-0.25, -0.2) is 9.18 Å². The van der Waals surface area contributed by atoms with Crippen molar-refractivity contribution < 1.29 is 23.5 Å². The summed E-state index contributed by atoms with van der Waals surface area (Å²) in [5, 5.41) is 2.61. The molecule has 27 heavy (non-hydrogen) atoms. The highest BCUT2D eigenvalue weighted by Crippen LogP contribution is 2.27. The highest BCUT2D eigenvalue weighted by atomic mass is 19.1. The van der Waals surface area contributed by atoms with Gasteiger partial charge in [0.2, 0.25) is 5.91 Å². The number of piperidine rings is 1. The molecular formula is C19H26FN3O4. The average Bonchev–Trinajstić information content (AvgIpc) is 3.03. The van der Waals surface area contributed by atoms with E-state index < -0.39 is 18.0 Å². The molecule has 1 aromatic carbocycles. The molecule has 0 radical (unpaired) electrons. The van der Waals surface area contributed by atoms with Crippen LogP contribution in [0.15, 0.2) is 18.2 Å². The van der Waals surface area contributed by atoms with Crippen molar-refractivity contribution in [3.05, 3.63) is 24.0 Å². The number of ether oxygens (including phenoxy) is 2. The average molecular weight is 379 g/mol. The fraction of sp³-hybridized carbons (Fsp3) is 0.579. The summed E-state index contributed by atoms with van der Waals surface area (Å²) in [4.78, 5) is 26.7. The van der Waals surface area contributed by atoms with Gasteiger partial charge < -0.3 is 14.8 Å². The van der Waals surface area contributed by atoms with E-state index in [0.717, 1.165) is 19.6 Å². The summed E-state index contributed by atoms with van der Waals surface area (Å²) in [5.41, 5.74) is 0.409. The summed E-state index contributed by atoms with van der Waals surface area (Å²) in [6.07, 6.45) is 2.68. The maximum atomic E-state index is 14.4. The molecule has 8 heteroatoms. The summed E-state index contributed by atoms with van der Waals surface area (Å²) < 4.78 is 25.1. The van der Waals surface area contributed by atoms with E-state index in [1.54, 1.807) is 6.07 Å². The molecule has 0 bridgehead atoms. The number of carbonyl (C=O) groups is 2. The number of benzene rings is 1. The Bertz CT molecular complexity index is 679. The van der Waals surface area contributed by atoms with Crippen LogP contribution in [0.1, 0.15) is 26.2 Å². The van der Waals surface area contributed by atoms with Gasteiger partial charge in [0.15, 0.2) is 11.6 Å². The minimum absolute atomic E-state index is 0.179. The van der Waals surface area contributed by atoms with E-state index in [2.05, 4.69) is 10.2 Å². The summed E-state index contributed by atoms with van der Waals surface area (Å²) in [6.45, 7) is 5.24. The molecule has 0 aliphatic carbocycles. The molecule has 2 saturated heterocycles. The minimum atomic E-state index is -0.552. The fourth-order valence-electron chi connectivity index (χ4n) is 3.34. The van der Waals surface area contributed by atoms with Crippen molar-refractivity contribution in [2.24, 2.45) is 0 Å². The zero-order valence-electron chi connectivity index (χ0n) is 15.6. The first-order valence-corrected chi connectivity index (χ1v) is 9.40. The van der Waals surface area contributed by atoms with Crippen LogP contribution in [0.2, 0.25) is 0 Å². The van der Waals surface area contributed by atoms with Gasteiger partial charge in [0, 0.05) is 19.5 Å². The first-order valence-electron chi connectivity index (χ1n) is 9.40. The molecule has 2 amide bonds. The van der Waals surface area contributed by atoms with Crippen molar-refractivity contribution in [2.45, 2.75) is 32.3 Å². The summed E-state index contributed by atoms with van der Waals surface area (Å²) in [5.74, 6) is -0.524. The standard InChI is InChI=1S/C19H26FN3O4/c1-14(24)21-12-16-13-23(19(25)27-16)15-5-6-18(17(20)11-15)26-10-9-22-7-3-2-4-8-22/h5-6,11,16H,2-4,7-10,12-13H2,1H3,(H,21,24)/t16-/m0/s1. The van der Waals surface area contributed by atoms with Crippen molar-refractivity contribution >= 4 is 17.7 Å². The molecule has 2 aliphatic rings. The van der Waals surface area contributed by atoms with Crippen molar-refractivity contribution in [1.29, 1.82) is 0 Å². The molecule has 2 heterocycles. The van der Waals surface area contributed by atoms with Crippen LogP contribution in [0.4, 0.5) is 14.9 Å². The van der Waals surface area contributed by atoms with Crippen molar-refractivity contribution in [3.63, 3.8) is 0 Å². The Balaban J connectivity index is 1.52. The van der Waals surface area contributed by atoms with Crippen LogP contribution >= 0.6 is 0 Å². The van der Waals surface area contributed by atoms with Crippen LogP contribution in [0.3, 0.4) is 0 Å². The minimum Gasteiger partial charge on any atom is -0.489 e. The Hall–Kier alpha value is -2.35. The number of carbonyl (C=O) groups excluding carboxylic acids is 2. The Labute approximate surface area is 158 Å². The van der Waals surface area contributed by atoms with Crippen LogP contribution in [-0.2, 0) is 9.53 Å². The fourth-order valence-corrected chi connectivity index (χ4v) is 3.34. The number of nitrogens with zero attached hydrogens (tertiary/aromatic N) is 2. The summed E-state index contributed by atoms with van der Waals surface area (Å²) in [6, 6.07) is 4.45. The summed E-state index contributed by atoms with van der Waals surface area (Å²) in [7, 11) is 0. The van der Waals surface area contributed by atoms with Gasteiger partial charge >= 0.3 is 6.09 Å². The van der Waals surface area contributed by atoms with Crippen LogP contribution in [0.25, 0.3) is 0 Å². The maximum Gasteiger partial charge on any atom is 0.414 e. The second-order valence-electron chi connectivity index (χ2n) is 6.92. The molecule has 1 aromatic rings. The van der Waals surface area contributed by atoms with Gasteiger partial charge in [-0.2, -0.15) is 0 Å². The van der Waals surface area contributed by atoms with E-state index in [0.29, 0.717) is 12.3 Å². The number of cyclic esters (lactones) is 1. The first kappa shape index (κ1) is 19.4. The van der Waals surface area contributed by atoms with Crippen molar-refractivity contribution in [3.8, 4) is 5.75 Å². The van der Waals surface area contributed by atoms with Crippen LogP contribution in [-0.4, -0.2) is 62.3 Å². The number of likely N-dealkylation sites (tertiary alicyclic amines) is 1. The van der Waals surface area contributed by atoms with E-state index in [4.69, 9.17) is 9.47 Å². The molecule has 7 nitrogen and oxygen atoms in total. The monoisotopic (exact) mass is 379 g/mol. The van der Waals surface area contributed by atoms with Crippen LogP contribution in [0.5, 0.6) is 5.75 Å². The zero-order valence-corrected chi connectivity index (χ0v) is 15.6. The zero-order chi connectivity index (χ0) is 19.2. The van der Waals surface area contributed by atoms with Gasteiger partial charge in [-0.3, -0.25) is 14.6 Å². The van der Waals surface area contributed by atoms with Crippen LogP contribution < -0.4 is 15.0 Å². The first-order chi connectivity index (χ1) is 13.0. The Kier molecular flexibility index (Phi) is 6.49. The lowest BCUT2D eigenvalue weighted by Gasteiger charge is -2.26. The van der Waals surface area contributed by atoms with E-state index in [1.807, 2.05) is 0 Å². The number of rotatable bonds is 7. The Morgan fingerprint density at radius 3 is 2.81 bits per heavy atom. The topological polar surface area (TPSA) is 71.1 Å². The third kappa shape index (κ3) is 5.32. The molecule has 2 fully saturated rings. The predicted molar refractivity (Wildman–Crippen MR) is 98.5 cm³/mol. The molecule has 148 valence electrons. The normalized spacial score (nSPS) is 20.4. The van der Waals surface area contributed by atoms with Crippen LogP contribution in [0, 0.1) is 5.82 Å². The van der Waals surface area contributed by atoms with E-state index >= 15 is 0 Å². The number of hydrogen-bond acceptors (Lipinski definition) is 5. The molecule has 0 unspecified atom stereocenters. The third-order valence-electron chi connectivity index (χ3n) is 4.79. The predicted octanol–water partition coefficient (Wildman–Crippen LogP) is 2.15. The molecule has 0 saturated carbocycles. The van der Waals surface area contributed by atoms with Gasteiger partial charge in [-0.15, -0.1) is 0 Å². The summed E-state index contributed by atoms with van der Waals surface area (Å²) >= 11 is 0. The maximum absolute atomic E-state index is 14.4. The van der Waals surface area contributed by atoms with Gasteiger partial charge in [0.25, 0.3) is 0 Å². The smallest absolute Gasteiger partial charge is 0.414 e. The molecule has 0 spiro atoms. The molecule has 2 aliphatic heterocycles. The molecule has 3 rings (SSSR count). The van der Waals surface area contributed by atoms with Crippen molar-refractivity contribution in [1.82, 2.24) is 10.2 Å². The second kappa shape index (κ2) is 9.03. The quantitative estimate of drug-likeness (QED) is 0.786. The van der Waals surface area contributed by atoms with Gasteiger partial charge in [0.05, 0.1) is 18.8 Å². The molecular weight excluding hydrogens is 353 g/mol. The number of amides is 2. The van der Waals surface area contributed by atoms with Gasteiger partial charge in [-0.1, -0.05) is 6.42 Å². The molecule has 1 N–H and O–H groups in total. The highest BCUT2D eigenvalue weighted by molar-refractivity contribution is 5.89. The highest BCUT2D eigenvalue weighted by Gasteiger charge is 2.32.